The van der Waals surface area contributed by atoms with Crippen LogP contribution in [0.3, 0.4) is 0 Å². The van der Waals surface area contributed by atoms with Crippen LogP contribution in [0.25, 0.3) is 16.9 Å². The molecule has 0 atom stereocenters. The number of benzene rings is 2. The minimum atomic E-state index is -0.376. The molecule has 2 aromatic carbocycles. The first-order valence-corrected chi connectivity index (χ1v) is 8.87. The van der Waals surface area contributed by atoms with E-state index in [-0.39, 0.29) is 11.7 Å². The summed E-state index contributed by atoms with van der Waals surface area (Å²) in [5, 5.41) is 4.53. The molecule has 1 heterocycles. The molecule has 1 amide bonds. The van der Waals surface area contributed by atoms with Crippen molar-refractivity contribution in [3.8, 4) is 22.7 Å². The highest BCUT2D eigenvalue weighted by atomic mass is 19.1. The lowest BCUT2D eigenvalue weighted by molar-refractivity contribution is 0.0764. The summed E-state index contributed by atoms with van der Waals surface area (Å²) >= 11 is 0. The molecule has 0 radical (unpaired) electrons. The third kappa shape index (κ3) is 3.69. The third-order valence-corrected chi connectivity index (χ3v) is 4.45. The van der Waals surface area contributed by atoms with Gasteiger partial charge in [0.1, 0.15) is 17.3 Å². The third-order valence-electron chi connectivity index (χ3n) is 4.45. The zero-order chi connectivity index (χ0) is 19.4. The van der Waals surface area contributed by atoms with E-state index in [9.17, 15) is 9.18 Å². The van der Waals surface area contributed by atoms with Crippen LogP contribution in [-0.4, -0.2) is 40.8 Å². The smallest absolute Gasteiger partial charge is 0.272 e. The van der Waals surface area contributed by atoms with Crippen molar-refractivity contribution in [2.24, 2.45) is 0 Å². The normalized spacial score (nSPS) is 10.7. The Morgan fingerprint density at radius 3 is 2.37 bits per heavy atom. The van der Waals surface area contributed by atoms with Crippen LogP contribution in [0.2, 0.25) is 0 Å². The zero-order valence-corrected chi connectivity index (χ0v) is 15.6. The van der Waals surface area contributed by atoms with Crippen LogP contribution >= 0.6 is 0 Å². The van der Waals surface area contributed by atoms with Crippen molar-refractivity contribution in [1.29, 1.82) is 0 Å². The van der Waals surface area contributed by atoms with Gasteiger partial charge >= 0.3 is 0 Å². The van der Waals surface area contributed by atoms with Crippen LogP contribution in [0.15, 0.2) is 54.6 Å². The van der Waals surface area contributed by atoms with Crippen molar-refractivity contribution >= 4 is 5.91 Å². The number of nitrogens with zero attached hydrogens (tertiary/aromatic N) is 3. The monoisotopic (exact) mass is 367 g/mol. The Morgan fingerprint density at radius 2 is 1.78 bits per heavy atom. The van der Waals surface area contributed by atoms with Crippen LogP contribution in [0.4, 0.5) is 4.39 Å². The Hall–Kier alpha value is -3.15. The van der Waals surface area contributed by atoms with E-state index in [1.807, 2.05) is 26.0 Å². The van der Waals surface area contributed by atoms with E-state index in [0.29, 0.717) is 41.5 Å². The van der Waals surface area contributed by atoms with Crippen molar-refractivity contribution in [2.75, 3.05) is 20.2 Å². The summed E-state index contributed by atoms with van der Waals surface area (Å²) in [7, 11) is 1.59. The summed E-state index contributed by atoms with van der Waals surface area (Å²) < 4.78 is 21.0. The second-order valence-electron chi connectivity index (χ2n) is 5.98. The molecule has 3 aromatic rings. The Morgan fingerprint density at radius 1 is 1.11 bits per heavy atom. The quantitative estimate of drug-likeness (QED) is 0.657. The molecule has 0 aliphatic rings. The summed E-state index contributed by atoms with van der Waals surface area (Å²) in [5.41, 5.74) is 1.87. The van der Waals surface area contributed by atoms with Gasteiger partial charge in [0.25, 0.3) is 5.91 Å². The zero-order valence-electron chi connectivity index (χ0n) is 15.6. The number of amides is 1. The molecule has 1 aromatic heterocycles. The maximum absolute atomic E-state index is 14.2. The molecule has 0 N–H and O–H groups in total. The average molecular weight is 367 g/mol. The maximum atomic E-state index is 14.2. The lowest BCUT2D eigenvalue weighted by Gasteiger charge is -2.19. The molecule has 0 unspecified atom stereocenters. The number of carbonyl (C=O) groups excluding carboxylic acids is 1. The van der Waals surface area contributed by atoms with Gasteiger partial charge in [-0.05, 0) is 56.3 Å². The van der Waals surface area contributed by atoms with Crippen molar-refractivity contribution in [2.45, 2.75) is 13.8 Å². The summed E-state index contributed by atoms with van der Waals surface area (Å²) in [6, 6.07) is 15.3. The predicted molar refractivity (Wildman–Crippen MR) is 103 cm³/mol. The van der Waals surface area contributed by atoms with Gasteiger partial charge in [-0.25, -0.2) is 9.07 Å². The summed E-state index contributed by atoms with van der Waals surface area (Å²) in [4.78, 5) is 14.7. The SMILES string of the molecule is CCN(CC)C(=O)c1cc(-c2ccccc2F)nn1-c1ccc(OC)cc1. The Kier molecular flexibility index (Phi) is 5.54. The first-order valence-electron chi connectivity index (χ1n) is 8.87. The number of aromatic nitrogens is 2. The molecule has 27 heavy (non-hydrogen) atoms. The minimum Gasteiger partial charge on any atom is -0.497 e. The van der Waals surface area contributed by atoms with Crippen LogP contribution in [0, 0.1) is 5.82 Å². The molecule has 5 nitrogen and oxygen atoms in total. The summed E-state index contributed by atoms with van der Waals surface area (Å²) in [6.45, 7) is 5.01. The van der Waals surface area contributed by atoms with Crippen LogP contribution in [-0.2, 0) is 0 Å². The molecular weight excluding hydrogens is 345 g/mol. The number of carbonyl (C=O) groups is 1. The molecular formula is C21H22FN3O2. The van der Waals surface area contributed by atoms with E-state index in [2.05, 4.69) is 5.10 Å². The van der Waals surface area contributed by atoms with Crippen molar-refractivity contribution in [3.05, 3.63) is 66.1 Å². The number of halogens is 1. The molecule has 0 saturated carbocycles. The molecule has 0 fully saturated rings. The average Bonchev–Trinajstić information content (AvgIpc) is 3.14. The number of methoxy groups -OCH3 is 1. The van der Waals surface area contributed by atoms with Gasteiger partial charge in [0, 0.05) is 18.7 Å². The number of hydrogen-bond donors (Lipinski definition) is 0. The Balaban J connectivity index is 2.14. The molecule has 140 valence electrons. The number of rotatable bonds is 6. The van der Waals surface area contributed by atoms with Crippen molar-refractivity contribution in [1.82, 2.24) is 14.7 Å². The Bertz CT molecular complexity index is 931. The highest BCUT2D eigenvalue weighted by Gasteiger charge is 2.22. The van der Waals surface area contributed by atoms with E-state index < -0.39 is 0 Å². The van der Waals surface area contributed by atoms with Crippen LogP contribution < -0.4 is 4.74 Å². The highest BCUT2D eigenvalue weighted by Crippen LogP contribution is 2.25. The van der Waals surface area contributed by atoms with Crippen molar-refractivity contribution in [3.63, 3.8) is 0 Å². The molecule has 0 aliphatic carbocycles. The molecule has 0 saturated heterocycles. The van der Waals surface area contributed by atoms with Gasteiger partial charge in [-0.15, -0.1) is 0 Å². The fraction of sp³-hybridized carbons (Fsp3) is 0.238. The lowest BCUT2D eigenvalue weighted by Crippen LogP contribution is -2.32. The largest absolute Gasteiger partial charge is 0.497 e. The van der Waals surface area contributed by atoms with E-state index in [4.69, 9.17) is 4.74 Å². The molecule has 0 bridgehead atoms. The first-order chi connectivity index (χ1) is 13.1. The topological polar surface area (TPSA) is 47.4 Å². The van der Waals surface area contributed by atoms with Crippen molar-refractivity contribution < 1.29 is 13.9 Å². The van der Waals surface area contributed by atoms with Gasteiger partial charge < -0.3 is 9.64 Å². The lowest BCUT2D eigenvalue weighted by atomic mass is 10.1. The predicted octanol–water partition coefficient (Wildman–Crippen LogP) is 4.17. The highest BCUT2D eigenvalue weighted by molar-refractivity contribution is 5.94. The maximum Gasteiger partial charge on any atom is 0.272 e. The van der Waals surface area contributed by atoms with Gasteiger partial charge in [0.2, 0.25) is 0 Å². The van der Waals surface area contributed by atoms with Gasteiger partial charge in [-0.1, -0.05) is 12.1 Å². The second kappa shape index (κ2) is 8.03. The summed E-state index contributed by atoms with van der Waals surface area (Å²) in [5.74, 6) is 0.182. The summed E-state index contributed by atoms with van der Waals surface area (Å²) in [6.07, 6.45) is 0. The fourth-order valence-electron chi connectivity index (χ4n) is 2.93. The number of ether oxygens (including phenoxy) is 1. The van der Waals surface area contributed by atoms with E-state index in [1.165, 1.54) is 6.07 Å². The fourth-order valence-corrected chi connectivity index (χ4v) is 2.93. The number of hydrogen-bond acceptors (Lipinski definition) is 3. The standard InChI is InChI=1S/C21H22FN3O2/c1-4-24(5-2)21(26)20-14-19(17-8-6-7-9-18(17)22)23-25(20)15-10-12-16(27-3)13-11-15/h6-14H,4-5H2,1-3H3. The van der Waals surface area contributed by atoms with E-state index in [1.54, 1.807) is 53.1 Å². The van der Waals surface area contributed by atoms with E-state index >= 15 is 0 Å². The molecule has 0 spiro atoms. The van der Waals surface area contributed by atoms with Crippen LogP contribution in [0.5, 0.6) is 5.75 Å². The van der Waals surface area contributed by atoms with E-state index in [0.717, 1.165) is 0 Å². The first kappa shape index (κ1) is 18.6. The van der Waals surface area contributed by atoms with Gasteiger partial charge in [-0.2, -0.15) is 5.10 Å². The Labute approximate surface area is 158 Å². The minimum absolute atomic E-state index is 0.147. The molecule has 3 rings (SSSR count). The van der Waals surface area contributed by atoms with Gasteiger partial charge in [0.15, 0.2) is 0 Å². The van der Waals surface area contributed by atoms with Gasteiger partial charge in [0.05, 0.1) is 18.5 Å². The molecule has 6 heteroatoms. The second-order valence-corrected chi connectivity index (χ2v) is 5.98. The molecule has 0 aliphatic heterocycles. The van der Waals surface area contributed by atoms with Crippen LogP contribution in [0.1, 0.15) is 24.3 Å². The van der Waals surface area contributed by atoms with Gasteiger partial charge in [-0.3, -0.25) is 4.79 Å².